The molecule has 0 aliphatic rings. The number of likely N-dealkylation sites (N-methyl/N-ethyl adjacent to an activating group) is 1. The maximum atomic E-state index is 12.8. The molecule has 0 radical (unpaired) electrons. The van der Waals surface area contributed by atoms with Crippen LogP contribution in [0.15, 0.2) is 54.6 Å². The SMILES string of the molecule is CCCC(=O)N(Cc1ccc(Cl)cc1)[C@@H](C(=O)NC)c1ccccc1. The zero-order valence-corrected chi connectivity index (χ0v) is 15.3. The smallest absolute Gasteiger partial charge is 0.247 e. The van der Waals surface area contributed by atoms with Gasteiger partial charge >= 0.3 is 0 Å². The largest absolute Gasteiger partial charge is 0.357 e. The zero-order chi connectivity index (χ0) is 18.2. The fraction of sp³-hybridized carbons (Fsp3) is 0.300. The molecule has 2 aromatic carbocycles. The van der Waals surface area contributed by atoms with Crippen LogP contribution in [0.3, 0.4) is 0 Å². The van der Waals surface area contributed by atoms with Crippen molar-refractivity contribution < 1.29 is 9.59 Å². The Balaban J connectivity index is 2.40. The van der Waals surface area contributed by atoms with E-state index in [-0.39, 0.29) is 11.8 Å². The highest BCUT2D eigenvalue weighted by atomic mass is 35.5. The topological polar surface area (TPSA) is 49.4 Å². The van der Waals surface area contributed by atoms with E-state index >= 15 is 0 Å². The summed E-state index contributed by atoms with van der Waals surface area (Å²) in [5.74, 6) is -0.250. The van der Waals surface area contributed by atoms with Crippen LogP contribution in [0.25, 0.3) is 0 Å². The van der Waals surface area contributed by atoms with Gasteiger partial charge in [-0.15, -0.1) is 0 Å². The lowest BCUT2D eigenvalue weighted by molar-refractivity contribution is -0.141. The van der Waals surface area contributed by atoms with E-state index in [9.17, 15) is 9.59 Å². The van der Waals surface area contributed by atoms with Gasteiger partial charge in [0.05, 0.1) is 0 Å². The first-order chi connectivity index (χ1) is 12.1. The molecule has 0 heterocycles. The Morgan fingerprint density at radius 3 is 2.28 bits per heavy atom. The monoisotopic (exact) mass is 358 g/mol. The molecule has 2 rings (SSSR count). The third-order valence-corrected chi connectivity index (χ3v) is 4.22. The standard InChI is InChI=1S/C20H23ClN2O2/c1-3-7-18(24)23(14-15-10-12-17(21)13-11-15)19(20(25)22-2)16-8-5-4-6-9-16/h4-6,8-13,19H,3,7,14H2,1-2H3,(H,22,25)/t19-/m1/s1. The number of carbonyl (C=O) groups excluding carboxylic acids is 2. The Morgan fingerprint density at radius 1 is 1.08 bits per heavy atom. The van der Waals surface area contributed by atoms with Crippen molar-refractivity contribution in [3.05, 3.63) is 70.7 Å². The average molecular weight is 359 g/mol. The van der Waals surface area contributed by atoms with Gasteiger partial charge in [0.15, 0.2) is 0 Å². The van der Waals surface area contributed by atoms with E-state index in [1.54, 1.807) is 24.1 Å². The third kappa shape index (κ3) is 5.07. The van der Waals surface area contributed by atoms with E-state index < -0.39 is 6.04 Å². The second-order valence-corrected chi connectivity index (χ2v) is 6.26. The maximum absolute atomic E-state index is 12.8. The number of nitrogens with one attached hydrogen (secondary N) is 1. The van der Waals surface area contributed by atoms with Crippen molar-refractivity contribution in [2.75, 3.05) is 7.05 Å². The molecule has 0 aromatic heterocycles. The predicted octanol–water partition coefficient (Wildman–Crippen LogP) is 3.96. The van der Waals surface area contributed by atoms with Gasteiger partial charge in [-0.2, -0.15) is 0 Å². The molecule has 5 heteroatoms. The second kappa shape index (κ2) is 9.23. The molecule has 0 bridgehead atoms. The molecule has 0 saturated heterocycles. The van der Waals surface area contributed by atoms with Crippen LogP contribution >= 0.6 is 11.6 Å². The molecular formula is C20H23ClN2O2. The predicted molar refractivity (Wildman–Crippen MR) is 100 cm³/mol. The van der Waals surface area contributed by atoms with Crippen molar-refractivity contribution in [3.63, 3.8) is 0 Å². The van der Waals surface area contributed by atoms with E-state index in [4.69, 9.17) is 11.6 Å². The summed E-state index contributed by atoms with van der Waals surface area (Å²) in [4.78, 5) is 27.0. The molecular weight excluding hydrogens is 336 g/mol. The molecule has 0 fully saturated rings. The van der Waals surface area contributed by atoms with Crippen LogP contribution in [0.1, 0.15) is 36.9 Å². The highest BCUT2D eigenvalue weighted by Crippen LogP contribution is 2.25. The Labute approximate surface area is 153 Å². The summed E-state index contributed by atoms with van der Waals surface area (Å²) in [5.41, 5.74) is 1.72. The van der Waals surface area contributed by atoms with Crippen molar-refractivity contribution >= 4 is 23.4 Å². The minimum atomic E-state index is -0.666. The summed E-state index contributed by atoms with van der Waals surface area (Å²) in [6.45, 7) is 2.30. The first-order valence-corrected chi connectivity index (χ1v) is 8.75. The summed E-state index contributed by atoms with van der Waals surface area (Å²) in [6, 6.07) is 16.0. The number of amides is 2. The number of rotatable bonds is 7. The van der Waals surface area contributed by atoms with Crippen LogP contribution in [0.4, 0.5) is 0 Å². The number of carbonyl (C=O) groups is 2. The molecule has 0 aliphatic heterocycles. The molecule has 0 aliphatic carbocycles. The zero-order valence-electron chi connectivity index (χ0n) is 14.5. The fourth-order valence-corrected chi connectivity index (χ4v) is 2.84. The Bertz CT molecular complexity index is 701. The van der Waals surface area contributed by atoms with Crippen LogP contribution in [0.5, 0.6) is 0 Å². The second-order valence-electron chi connectivity index (χ2n) is 5.83. The molecule has 0 saturated carbocycles. The Kier molecular flexibility index (Phi) is 7.02. The van der Waals surface area contributed by atoms with Crippen LogP contribution in [-0.2, 0) is 16.1 Å². The summed E-state index contributed by atoms with van der Waals surface area (Å²) < 4.78 is 0. The quantitative estimate of drug-likeness (QED) is 0.814. The van der Waals surface area contributed by atoms with Gasteiger partial charge in [0, 0.05) is 25.0 Å². The Hall–Kier alpha value is -2.33. The van der Waals surface area contributed by atoms with Crippen LogP contribution in [-0.4, -0.2) is 23.8 Å². The van der Waals surface area contributed by atoms with Gasteiger partial charge in [-0.05, 0) is 29.7 Å². The number of hydrogen-bond donors (Lipinski definition) is 1. The van der Waals surface area contributed by atoms with Crippen molar-refractivity contribution in [1.82, 2.24) is 10.2 Å². The van der Waals surface area contributed by atoms with Gasteiger partial charge < -0.3 is 10.2 Å². The summed E-state index contributed by atoms with van der Waals surface area (Å²) in [5, 5.41) is 3.32. The summed E-state index contributed by atoms with van der Waals surface area (Å²) >= 11 is 5.95. The molecule has 1 atom stereocenters. The molecule has 2 amide bonds. The van der Waals surface area contributed by atoms with E-state index in [1.165, 1.54) is 0 Å². The lowest BCUT2D eigenvalue weighted by atomic mass is 10.0. The first-order valence-electron chi connectivity index (χ1n) is 8.37. The van der Waals surface area contributed by atoms with Gasteiger partial charge in [0.1, 0.15) is 6.04 Å². The van der Waals surface area contributed by atoms with E-state index in [0.717, 1.165) is 17.5 Å². The normalized spacial score (nSPS) is 11.6. The molecule has 0 spiro atoms. The van der Waals surface area contributed by atoms with Crippen molar-refractivity contribution in [3.8, 4) is 0 Å². The van der Waals surface area contributed by atoms with Gasteiger partial charge in [0.2, 0.25) is 11.8 Å². The molecule has 4 nitrogen and oxygen atoms in total. The van der Waals surface area contributed by atoms with E-state index in [1.807, 2.05) is 49.4 Å². The first kappa shape index (κ1) is 19.0. The molecule has 0 unspecified atom stereocenters. The minimum Gasteiger partial charge on any atom is -0.357 e. The molecule has 25 heavy (non-hydrogen) atoms. The van der Waals surface area contributed by atoms with Gasteiger partial charge in [0.25, 0.3) is 0 Å². The molecule has 132 valence electrons. The minimum absolute atomic E-state index is 0.0464. The maximum Gasteiger partial charge on any atom is 0.247 e. The number of halogens is 1. The summed E-state index contributed by atoms with van der Waals surface area (Å²) in [7, 11) is 1.59. The van der Waals surface area contributed by atoms with Crippen molar-refractivity contribution in [1.29, 1.82) is 0 Å². The van der Waals surface area contributed by atoms with Crippen molar-refractivity contribution in [2.24, 2.45) is 0 Å². The van der Waals surface area contributed by atoms with Crippen LogP contribution in [0.2, 0.25) is 5.02 Å². The number of benzene rings is 2. The lowest BCUT2D eigenvalue weighted by Crippen LogP contribution is -2.42. The van der Waals surface area contributed by atoms with Crippen LogP contribution in [0, 0.1) is 0 Å². The van der Waals surface area contributed by atoms with Gasteiger partial charge in [-0.3, -0.25) is 9.59 Å². The lowest BCUT2D eigenvalue weighted by Gasteiger charge is -2.31. The Morgan fingerprint density at radius 2 is 1.72 bits per heavy atom. The van der Waals surface area contributed by atoms with Crippen molar-refractivity contribution in [2.45, 2.75) is 32.4 Å². The highest BCUT2D eigenvalue weighted by Gasteiger charge is 2.30. The fourth-order valence-electron chi connectivity index (χ4n) is 2.71. The molecule has 2 aromatic rings. The third-order valence-electron chi connectivity index (χ3n) is 3.97. The van der Waals surface area contributed by atoms with E-state index in [0.29, 0.717) is 18.0 Å². The highest BCUT2D eigenvalue weighted by molar-refractivity contribution is 6.30. The average Bonchev–Trinajstić information content (AvgIpc) is 2.63. The molecule has 1 N–H and O–H groups in total. The van der Waals surface area contributed by atoms with E-state index in [2.05, 4.69) is 5.32 Å². The van der Waals surface area contributed by atoms with Crippen LogP contribution < -0.4 is 5.32 Å². The number of hydrogen-bond acceptors (Lipinski definition) is 2. The van der Waals surface area contributed by atoms with Gasteiger partial charge in [-0.1, -0.05) is 61.0 Å². The number of nitrogens with zero attached hydrogens (tertiary/aromatic N) is 1. The van der Waals surface area contributed by atoms with Gasteiger partial charge in [-0.25, -0.2) is 0 Å². The summed E-state index contributed by atoms with van der Waals surface area (Å²) in [6.07, 6.45) is 1.12.